The van der Waals surface area contributed by atoms with Gasteiger partial charge in [-0.3, -0.25) is 9.59 Å². The van der Waals surface area contributed by atoms with Crippen molar-refractivity contribution >= 4 is 22.7 Å². The summed E-state index contributed by atoms with van der Waals surface area (Å²) in [5.41, 5.74) is -2.59. The number of alkyl halides is 1. The number of allylic oxidation sites excluding steroid dienone is 2. The maximum atomic E-state index is 15.6. The van der Waals surface area contributed by atoms with Gasteiger partial charge in [-0.05, 0) is 69.6 Å². The summed E-state index contributed by atoms with van der Waals surface area (Å²) < 4.78 is 34.8. The minimum absolute atomic E-state index is 0.0479. The van der Waals surface area contributed by atoms with E-state index < -0.39 is 40.1 Å². The molecule has 0 radical (unpaired) electrons. The number of aliphatic hydroxyl groups is 1. The molecule has 4 aliphatic carbocycles. The summed E-state index contributed by atoms with van der Waals surface area (Å²) in [6, 6.07) is 0. The normalized spacial score (nSPS) is 54.1. The number of ketones is 1. The van der Waals surface area contributed by atoms with Crippen LogP contribution < -0.4 is 0 Å². The maximum Gasteiger partial charge on any atom is 0.226 e. The molecule has 0 bridgehead atoms. The Kier molecular flexibility index (Phi) is 4.12. The van der Waals surface area contributed by atoms with Gasteiger partial charge in [-0.25, -0.2) is 4.39 Å². The van der Waals surface area contributed by atoms with Crippen molar-refractivity contribution in [1.29, 1.82) is 0 Å². The molecule has 1 spiro atoms. The van der Waals surface area contributed by atoms with Crippen LogP contribution in [-0.4, -0.2) is 57.3 Å². The molecular formula is C24H29FO6S. The third kappa shape index (κ3) is 2.22. The molecular weight excluding hydrogens is 435 g/mol. The fourth-order valence-electron chi connectivity index (χ4n) is 8.26. The predicted molar refractivity (Wildman–Crippen MR) is 114 cm³/mol. The second-order valence-corrected chi connectivity index (χ2v) is 12.0. The van der Waals surface area contributed by atoms with Crippen molar-refractivity contribution in [2.75, 3.05) is 5.94 Å². The summed E-state index contributed by atoms with van der Waals surface area (Å²) in [7, 11) is 0. The molecule has 6 nitrogen and oxygen atoms in total. The van der Waals surface area contributed by atoms with Gasteiger partial charge >= 0.3 is 0 Å². The fraction of sp³-hybridized carbons (Fsp3) is 0.750. The van der Waals surface area contributed by atoms with Gasteiger partial charge in [-0.15, -0.1) is 0 Å². The largest absolute Gasteiger partial charge is 0.385 e. The van der Waals surface area contributed by atoms with Crippen LogP contribution in [-0.2, 0) is 23.8 Å². The van der Waals surface area contributed by atoms with Gasteiger partial charge in [0.15, 0.2) is 17.2 Å². The zero-order chi connectivity index (χ0) is 22.9. The molecule has 1 N–H and O–H groups in total. The van der Waals surface area contributed by atoms with E-state index in [9.17, 15) is 14.7 Å². The Morgan fingerprint density at radius 2 is 1.94 bits per heavy atom. The zero-order valence-electron chi connectivity index (χ0n) is 18.7. The van der Waals surface area contributed by atoms with Crippen molar-refractivity contribution < 1.29 is 33.3 Å². The van der Waals surface area contributed by atoms with Crippen molar-refractivity contribution in [3.63, 3.8) is 0 Å². The lowest BCUT2D eigenvalue weighted by molar-refractivity contribution is -0.207. The molecule has 4 unspecified atom stereocenters. The minimum Gasteiger partial charge on any atom is -0.385 e. The Bertz CT molecular complexity index is 993. The Morgan fingerprint density at radius 1 is 1.19 bits per heavy atom. The molecule has 0 aromatic rings. The standard InChI is InChI=1S/C24H29FO6S/c1-20(2)29-17-9-13-14-8-16(25)15-7-12(27)5-6-21(15,3)23(14)18(30-23)10-22(13,4)24(17,31-20)19(28)32-11-26/h5-7,13-14,16-18,26H,8-11H2,1-4H3/t13?,14?,16-,17?,18-,21-,22-,23?,24-/m0/s1. The molecule has 2 aliphatic heterocycles. The fourth-order valence-corrected chi connectivity index (χ4v) is 8.99. The van der Waals surface area contributed by atoms with Crippen molar-refractivity contribution in [2.45, 2.75) is 82.3 Å². The number of fused-ring (bicyclic) bond motifs is 5. The lowest BCUT2D eigenvalue weighted by atomic mass is 9.46. The summed E-state index contributed by atoms with van der Waals surface area (Å²) in [5.74, 6) is -1.62. The third-order valence-electron chi connectivity index (χ3n) is 9.41. The number of aliphatic hydroxyl groups excluding tert-OH is 1. The quantitative estimate of drug-likeness (QED) is 0.497. The number of halogens is 1. The van der Waals surface area contributed by atoms with Crippen LogP contribution in [0.2, 0.25) is 0 Å². The van der Waals surface area contributed by atoms with E-state index in [4.69, 9.17) is 14.2 Å². The number of carbonyl (C=O) groups is 2. The van der Waals surface area contributed by atoms with Gasteiger partial charge in [0.1, 0.15) is 11.8 Å². The molecule has 9 atom stereocenters. The van der Waals surface area contributed by atoms with Crippen LogP contribution in [0.25, 0.3) is 0 Å². The number of rotatable bonds is 2. The van der Waals surface area contributed by atoms with E-state index in [0.29, 0.717) is 18.4 Å². The van der Waals surface area contributed by atoms with Crippen molar-refractivity contribution in [3.05, 3.63) is 23.8 Å². The number of hydrogen-bond acceptors (Lipinski definition) is 7. The first-order valence-electron chi connectivity index (χ1n) is 11.4. The minimum atomic E-state index is -1.24. The number of epoxide rings is 1. The zero-order valence-corrected chi connectivity index (χ0v) is 19.5. The summed E-state index contributed by atoms with van der Waals surface area (Å²) in [5, 5.41) is 9.29. The highest BCUT2D eigenvalue weighted by molar-refractivity contribution is 8.13. The molecule has 6 aliphatic rings. The van der Waals surface area contributed by atoms with Gasteiger partial charge in [0.2, 0.25) is 5.12 Å². The summed E-state index contributed by atoms with van der Waals surface area (Å²) in [6.07, 6.45) is 4.36. The number of carbonyl (C=O) groups excluding carboxylic acids is 2. The van der Waals surface area contributed by atoms with Crippen LogP contribution in [0.5, 0.6) is 0 Å². The van der Waals surface area contributed by atoms with Crippen LogP contribution >= 0.6 is 11.8 Å². The summed E-state index contributed by atoms with van der Waals surface area (Å²) in [4.78, 5) is 25.5. The molecule has 2 saturated heterocycles. The van der Waals surface area contributed by atoms with Crippen LogP contribution in [0.15, 0.2) is 23.8 Å². The van der Waals surface area contributed by atoms with Gasteiger partial charge in [-0.1, -0.05) is 24.8 Å². The molecule has 8 heteroatoms. The third-order valence-corrected chi connectivity index (χ3v) is 10.1. The average Bonchev–Trinajstić information content (AvgIpc) is 3.29. The van der Waals surface area contributed by atoms with E-state index in [1.807, 2.05) is 26.8 Å². The van der Waals surface area contributed by atoms with Crippen molar-refractivity contribution in [2.24, 2.45) is 22.7 Å². The van der Waals surface area contributed by atoms with E-state index in [-0.39, 0.29) is 41.2 Å². The molecule has 3 saturated carbocycles. The van der Waals surface area contributed by atoms with Crippen LogP contribution in [0.4, 0.5) is 4.39 Å². The SMILES string of the molecule is CC1(C)OC2CC3C4C[C@H](F)C5=CC(=O)C=C[C@]5(C)C45O[C@H]5C[C@]3(C)[C@]2(C(=O)SCO)O1. The molecule has 0 amide bonds. The van der Waals surface area contributed by atoms with Gasteiger partial charge in [0.25, 0.3) is 0 Å². The highest BCUT2D eigenvalue weighted by Crippen LogP contribution is 2.77. The summed E-state index contributed by atoms with van der Waals surface area (Å²) >= 11 is 0.850. The van der Waals surface area contributed by atoms with Crippen molar-refractivity contribution in [1.82, 2.24) is 0 Å². The van der Waals surface area contributed by atoms with Crippen LogP contribution in [0.1, 0.15) is 47.0 Å². The van der Waals surface area contributed by atoms with Gasteiger partial charge in [-0.2, -0.15) is 0 Å². The average molecular weight is 465 g/mol. The Balaban J connectivity index is 1.46. The second kappa shape index (κ2) is 6.13. The topological polar surface area (TPSA) is 85.4 Å². The maximum absolute atomic E-state index is 15.6. The molecule has 2 heterocycles. The predicted octanol–water partition coefficient (Wildman–Crippen LogP) is 3.08. The molecule has 0 aromatic heterocycles. The van der Waals surface area contributed by atoms with Crippen molar-refractivity contribution in [3.8, 4) is 0 Å². The second-order valence-electron chi connectivity index (χ2n) is 11.1. The molecule has 32 heavy (non-hydrogen) atoms. The van der Waals surface area contributed by atoms with E-state index in [1.165, 1.54) is 12.2 Å². The van der Waals surface area contributed by atoms with Crippen LogP contribution in [0, 0.1) is 22.7 Å². The first-order chi connectivity index (χ1) is 14.9. The first-order valence-corrected chi connectivity index (χ1v) is 12.4. The van der Waals surface area contributed by atoms with Gasteiger partial charge < -0.3 is 19.3 Å². The van der Waals surface area contributed by atoms with E-state index in [2.05, 4.69) is 6.92 Å². The monoisotopic (exact) mass is 464 g/mol. The lowest BCUT2D eigenvalue weighted by Gasteiger charge is -2.56. The molecule has 0 aromatic carbocycles. The smallest absolute Gasteiger partial charge is 0.226 e. The van der Waals surface area contributed by atoms with E-state index in [1.54, 1.807) is 0 Å². The van der Waals surface area contributed by atoms with Gasteiger partial charge in [0.05, 0.1) is 18.1 Å². The van der Waals surface area contributed by atoms with Gasteiger partial charge in [0, 0.05) is 10.8 Å². The number of hydrogen-bond donors (Lipinski definition) is 1. The van der Waals surface area contributed by atoms with E-state index in [0.717, 1.165) is 11.8 Å². The molecule has 5 fully saturated rings. The lowest BCUT2D eigenvalue weighted by Crippen LogP contribution is -2.63. The Hall–Kier alpha value is -1.06. The highest BCUT2D eigenvalue weighted by atomic mass is 32.2. The first kappa shape index (κ1) is 21.5. The molecule has 6 rings (SSSR count). The Morgan fingerprint density at radius 3 is 2.66 bits per heavy atom. The highest BCUT2D eigenvalue weighted by Gasteiger charge is 2.85. The Labute approximate surface area is 190 Å². The number of ether oxygens (including phenoxy) is 3. The van der Waals surface area contributed by atoms with E-state index >= 15 is 4.39 Å². The van der Waals surface area contributed by atoms with Crippen LogP contribution in [0.3, 0.4) is 0 Å². The number of thioether (sulfide) groups is 1. The summed E-state index contributed by atoms with van der Waals surface area (Å²) in [6.45, 7) is 7.66. The molecule has 174 valence electrons.